The lowest BCUT2D eigenvalue weighted by molar-refractivity contribution is -0.137. The molecule has 3 N–H and O–H groups in total. The summed E-state index contributed by atoms with van der Waals surface area (Å²) in [7, 11) is 0. The first-order chi connectivity index (χ1) is 9.81. The minimum absolute atomic E-state index is 0.165. The molecule has 8 heteroatoms. The Morgan fingerprint density at radius 1 is 1.29 bits per heavy atom. The van der Waals surface area contributed by atoms with E-state index in [1.54, 1.807) is 0 Å². The molecule has 21 heavy (non-hydrogen) atoms. The third kappa shape index (κ3) is 3.44. The van der Waals surface area contributed by atoms with Gasteiger partial charge in [-0.15, -0.1) is 0 Å². The topological polar surface area (TPSA) is 74.7 Å². The number of aromatic nitrogens is 1. The second-order valence-corrected chi connectivity index (χ2v) is 4.95. The molecule has 0 aliphatic rings. The molecular weight excluding hydrogens is 349 g/mol. The number of anilines is 3. The average Bonchev–Trinajstić information content (AvgIpc) is 2.42. The number of alkyl halides is 3. The smallest absolute Gasteiger partial charge is 0.396 e. The minimum atomic E-state index is -4.44. The first kappa shape index (κ1) is 15.1. The molecule has 1 aromatic carbocycles. The number of benzene rings is 1. The SMILES string of the molecule is N#Cc1cnc(Nc2cc(C(F)(F)F)ccc2Br)c(N)c1. The van der Waals surface area contributed by atoms with Crippen molar-refractivity contribution in [2.45, 2.75) is 6.18 Å². The molecule has 0 amide bonds. The number of nitrogens with two attached hydrogens (primary N) is 1. The summed E-state index contributed by atoms with van der Waals surface area (Å²) in [6.07, 6.45) is -3.17. The zero-order valence-corrected chi connectivity index (χ0v) is 12.0. The van der Waals surface area contributed by atoms with Gasteiger partial charge in [0, 0.05) is 10.7 Å². The number of nitriles is 1. The van der Waals surface area contributed by atoms with Gasteiger partial charge in [-0.1, -0.05) is 0 Å². The lowest BCUT2D eigenvalue weighted by Gasteiger charge is -2.13. The van der Waals surface area contributed by atoms with Gasteiger partial charge in [-0.05, 0) is 40.2 Å². The molecule has 1 heterocycles. The number of nitrogen functional groups attached to an aromatic ring is 1. The Morgan fingerprint density at radius 3 is 2.57 bits per heavy atom. The molecule has 0 spiro atoms. The number of pyridine rings is 1. The lowest BCUT2D eigenvalue weighted by atomic mass is 10.2. The summed E-state index contributed by atoms with van der Waals surface area (Å²) >= 11 is 3.16. The Bertz CT molecular complexity index is 722. The van der Waals surface area contributed by atoms with Crippen LogP contribution in [0.5, 0.6) is 0 Å². The van der Waals surface area contributed by atoms with Crippen LogP contribution in [-0.4, -0.2) is 4.98 Å². The fourth-order valence-electron chi connectivity index (χ4n) is 1.57. The number of halogens is 4. The summed E-state index contributed by atoms with van der Waals surface area (Å²) < 4.78 is 38.5. The van der Waals surface area contributed by atoms with Crippen molar-refractivity contribution in [2.24, 2.45) is 0 Å². The van der Waals surface area contributed by atoms with E-state index in [1.807, 2.05) is 6.07 Å². The lowest BCUT2D eigenvalue weighted by Crippen LogP contribution is -2.06. The Labute approximate surface area is 126 Å². The van der Waals surface area contributed by atoms with Crippen LogP contribution in [0.4, 0.5) is 30.4 Å². The summed E-state index contributed by atoms with van der Waals surface area (Å²) in [5, 5.41) is 11.4. The molecule has 0 bridgehead atoms. The predicted molar refractivity (Wildman–Crippen MR) is 75.8 cm³/mol. The van der Waals surface area contributed by atoms with Crippen molar-refractivity contribution in [1.82, 2.24) is 4.98 Å². The third-order valence-corrected chi connectivity index (χ3v) is 3.28. The highest BCUT2D eigenvalue weighted by Gasteiger charge is 2.31. The van der Waals surface area contributed by atoms with E-state index in [4.69, 9.17) is 11.0 Å². The third-order valence-electron chi connectivity index (χ3n) is 2.59. The zero-order valence-electron chi connectivity index (χ0n) is 10.4. The Balaban J connectivity index is 2.38. The molecule has 0 aliphatic heterocycles. The number of hydrogen-bond donors (Lipinski definition) is 2. The molecule has 1 aromatic heterocycles. The van der Waals surface area contributed by atoms with E-state index in [0.717, 1.165) is 12.1 Å². The van der Waals surface area contributed by atoms with Crippen LogP contribution in [0, 0.1) is 11.3 Å². The highest BCUT2D eigenvalue weighted by atomic mass is 79.9. The Kier molecular flexibility index (Phi) is 4.04. The van der Waals surface area contributed by atoms with Crippen molar-refractivity contribution in [3.05, 3.63) is 46.1 Å². The van der Waals surface area contributed by atoms with E-state index in [0.29, 0.717) is 4.47 Å². The molecule has 0 unspecified atom stereocenters. The van der Waals surface area contributed by atoms with Crippen LogP contribution in [-0.2, 0) is 6.18 Å². The summed E-state index contributed by atoms with van der Waals surface area (Å²) in [6.45, 7) is 0. The molecule has 108 valence electrons. The van der Waals surface area contributed by atoms with Gasteiger partial charge in [0.05, 0.1) is 22.5 Å². The number of nitrogens with zero attached hydrogens (tertiary/aromatic N) is 2. The van der Waals surface area contributed by atoms with Crippen molar-refractivity contribution < 1.29 is 13.2 Å². The van der Waals surface area contributed by atoms with Gasteiger partial charge in [0.15, 0.2) is 5.82 Å². The average molecular weight is 357 g/mol. The molecule has 0 aliphatic carbocycles. The van der Waals surface area contributed by atoms with Gasteiger partial charge in [-0.25, -0.2) is 4.98 Å². The first-order valence-corrected chi connectivity index (χ1v) is 6.40. The van der Waals surface area contributed by atoms with Gasteiger partial charge in [-0.3, -0.25) is 0 Å². The molecule has 2 rings (SSSR count). The van der Waals surface area contributed by atoms with Gasteiger partial charge in [0.2, 0.25) is 0 Å². The molecule has 0 fully saturated rings. The standard InChI is InChI=1S/C13H8BrF3N4/c14-9-2-1-8(13(15,16)17)4-11(9)21-12-10(19)3-7(5-18)6-20-12/h1-4,6H,19H2,(H,20,21). The van der Waals surface area contributed by atoms with Crippen LogP contribution in [0.1, 0.15) is 11.1 Å². The maximum atomic E-state index is 12.7. The van der Waals surface area contributed by atoms with Crippen molar-refractivity contribution in [2.75, 3.05) is 11.1 Å². The molecular formula is C13H8BrF3N4. The van der Waals surface area contributed by atoms with E-state index in [2.05, 4.69) is 26.2 Å². The summed E-state index contributed by atoms with van der Waals surface area (Å²) in [5.74, 6) is 0.175. The summed E-state index contributed by atoms with van der Waals surface area (Å²) in [4.78, 5) is 3.92. The van der Waals surface area contributed by atoms with Gasteiger partial charge >= 0.3 is 6.18 Å². The second kappa shape index (κ2) is 5.61. The quantitative estimate of drug-likeness (QED) is 0.850. The molecule has 0 radical (unpaired) electrons. The molecule has 0 saturated heterocycles. The van der Waals surface area contributed by atoms with E-state index in [-0.39, 0.29) is 22.8 Å². The maximum absolute atomic E-state index is 12.7. The Hall–Kier alpha value is -2.27. The van der Waals surface area contributed by atoms with Gasteiger partial charge < -0.3 is 11.1 Å². The van der Waals surface area contributed by atoms with Crippen LogP contribution >= 0.6 is 15.9 Å². The van der Waals surface area contributed by atoms with Crippen LogP contribution in [0.2, 0.25) is 0 Å². The van der Waals surface area contributed by atoms with Crippen molar-refractivity contribution in [3.8, 4) is 6.07 Å². The van der Waals surface area contributed by atoms with Crippen LogP contribution in [0.3, 0.4) is 0 Å². The van der Waals surface area contributed by atoms with E-state index < -0.39 is 11.7 Å². The van der Waals surface area contributed by atoms with Crippen molar-refractivity contribution in [1.29, 1.82) is 5.26 Å². The highest BCUT2D eigenvalue weighted by Crippen LogP contribution is 2.35. The van der Waals surface area contributed by atoms with Gasteiger partial charge in [-0.2, -0.15) is 18.4 Å². The fraction of sp³-hybridized carbons (Fsp3) is 0.0769. The van der Waals surface area contributed by atoms with Crippen LogP contribution in [0.15, 0.2) is 34.9 Å². The summed E-state index contributed by atoms with van der Waals surface area (Å²) in [5.41, 5.74) is 5.52. The number of hydrogen-bond acceptors (Lipinski definition) is 4. The second-order valence-electron chi connectivity index (χ2n) is 4.09. The van der Waals surface area contributed by atoms with E-state index in [1.165, 1.54) is 18.3 Å². The van der Waals surface area contributed by atoms with Gasteiger partial charge in [0.25, 0.3) is 0 Å². The molecule has 0 atom stereocenters. The zero-order chi connectivity index (χ0) is 15.6. The van der Waals surface area contributed by atoms with Crippen LogP contribution in [0.25, 0.3) is 0 Å². The van der Waals surface area contributed by atoms with Crippen molar-refractivity contribution in [3.63, 3.8) is 0 Å². The first-order valence-electron chi connectivity index (χ1n) is 5.60. The van der Waals surface area contributed by atoms with E-state index in [9.17, 15) is 13.2 Å². The number of nitrogens with one attached hydrogen (secondary N) is 1. The normalized spacial score (nSPS) is 11.0. The van der Waals surface area contributed by atoms with Crippen LogP contribution < -0.4 is 11.1 Å². The molecule has 4 nitrogen and oxygen atoms in total. The molecule has 2 aromatic rings. The summed E-state index contributed by atoms with van der Waals surface area (Å²) in [6, 6.07) is 6.45. The minimum Gasteiger partial charge on any atom is -0.396 e. The fourth-order valence-corrected chi connectivity index (χ4v) is 1.92. The van der Waals surface area contributed by atoms with E-state index >= 15 is 0 Å². The predicted octanol–water partition coefficient (Wildman–Crippen LogP) is 4.06. The monoisotopic (exact) mass is 356 g/mol. The van der Waals surface area contributed by atoms with Crippen molar-refractivity contribution >= 4 is 33.1 Å². The molecule has 0 saturated carbocycles. The highest BCUT2D eigenvalue weighted by molar-refractivity contribution is 9.10. The largest absolute Gasteiger partial charge is 0.416 e. The Morgan fingerprint density at radius 2 is 2.00 bits per heavy atom. The number of rotatable bonds is 2. The maximum Gasteiger partial charge on any atom is 0.416 e. The van der Waals surface area contributed by atoms with Gasteiger partial charge in [0.1, 0.15) is 6.07 Å².